The standard InChI is InChI=1S/C18H14ClN3O7/c1-26-14-6-3-10(7-15(14)27-2)17-20-16(29-21-17)9-28-18(23)12-5-4-11(19)8-13(12)22(24)25/h3-8H,9H2,1-2H3. The number of nitrogens with zero attached hydrogens (tertiary/aromatic N) is 3. The molecule has 3 rings (SSSR count). The van der Waals surface area contributed by atoms with Gasteiger partial charge in [-0.3, -0.25) is 10.1 Å². The van der Waals surface area contributed by atoms with E-state index in [2.05, 4.69) is 10.1 Å². The predicted molar refractivity (Wildman–Crippen MR) is 100 cm³/mol. The maximum Gasteiger partial charge on any atom is 0.345 e. The minimum atomic E-state index is -0.917. The smallest absolute Gasteiger partial charge is 0.345 e. The minimum Gasteiger partial charge on any atom is -0.493 e. The molecule has 1 aromatic heterocycles. The summed E-state index contributed by atoms with van der Waals surface area (Å²) in [5.74, 6) is 0.366. The van der Waals surface area contributed by atoms with Gasteiger partial charge in [0.25, 0.3) is 11.6 Å². The number of ether oxygens (including phenoxy) is 3. The van der Waals surface area contributed by atoms with Gasteiger partial charge in [-0.1, -0.05) is 16.8 Å². The molecule has 29 heavy (non-hydrogen) atoms. The van der Waals surface area contributed by atoms with Gasteiger partial charge in [0.05, 0.1) is 19.1 Å². The maximum absolute atomic E-state index is 12.2. The molecule has 0 atom stereocenters. The number of hydrogen-bond acceptors (Lipinski definition) is 9. The number of nitro groups is 1. The normalized spacial score (nSPS) is 10.4. The number of benzene rings is 2. The second-order valence-corrected chi connectivity index (χ2v) is 6.01. The van der Waals surface area contributed by atoms with Gasteiger partial charge in [0.15, 0.2) is 18.1 Å². The summed E-state index contributed by atoms with van der Waals surface area (Å²) in [7, 11) is 3.02. The molecule has 0 bridgehead atoms. The van der Waals surface area contributed by atoms with Gasteiger partial charge in [0.1, 0.15) is 5.56 Å². The molecule has 2 aromatic carbocycles. The summed E-state index contributed by atoms with van der Waals surface area (Å²) >= 11 is 5.73. The fourth-order valence-electron chi connectivity index (χ4n) is 2.44. The fraction of sp³-hybridized carbons (Fsp3) is 0.167. The summed E-state index contributed by atoms with van der Waals surface area (Å²) in [5, 5.41) is 15.0. The molecule has 10 nitrogen and oxygen atoms in total. The average Bonchev–Trinajstić information content (AvgIpc) is 3.20. The number of hydrogen-bond donors (Lipinski definition) is 0. The monoisotopic (exact) mass is 419 g/mol. The van der Waals surface area contributed by atoms with Crippen LogP contribution in [-0.4, -0.2) is 35.3 Å². The Balaban J connectivity index is 1.73. The van der Waals surface area contributed by atoms with Crippen molar-refractivity contribution in [2.75, 3.05) is 14.2 Å². The van der Waals surface area contributed by atoms with Crippen molar-refractivity contribution in [1.82, 2.24) is 10.1 Å². The van der Waals surface area contributed by atoms with Crippen LogP contribution >= 0.6 is 11.6 Å². The molecule has 0 amide bonds. The number of rotatable bonds is 7. The Morgan fingerprint density at radius 2 is 1.93 bits per heavy atom. The van der Waals surface area contributed by atoms with Crippen molar-refractivity contribution in [3.05, 3.63) is 63.0 Å². The highest BCUT2D eigenvalue weighted by atomic mass is 35.5. The number of esters is 1. The number of halogens is 1. The molecule has 1 heterocycles. The molecule has 0 saturated carbocycles. The first-order valence-electron chi connectivity index (χ1n) is 8.09. The van der Waals surface area contributed by atoms with Crippen molar-refractivity contribution in [1.29, 1.82) is 0 Å². The lowest BCUT2D eigenvalue weighted by atomic mass is 10.2. The molecular formula is C18H14ClN3O7. The Labute approximate surface area is 169 Å². The third-order valence-electron chi connectivity index (χ3n) is 3.81. The minimum absolute atomic E-state index is 0.0137. The Kier molecular flexibility index (Phi) is 5.93. The zero-order chi connectivity index (χ0) is 21.0. The molecule has 150 valence electrons. The molecule has 3 aromatic rings. The molecule has 0 aliphatic heterocycles. The van der Waals surface area contributed by atoms with Gasteiger partial charge in [-0.05, 0) is 30.3 Å². The Morgan fingerprint density at radius 1 is 1.17 bits per heavy atom. The summed E-state index contributed by atoms with van der Waals surface area (Å²) < 4.78 is 20.5. The highest BCUT2D eigenvalue weighted by Gasteiger charge is 2.23. The number of carbonyl (C=O) groups excluding carboxylic acids is 1. The highest BCUT2D eigenvalue weighted by molar-refractivity contribution is 6.31. The van der Waals surface area contributed by atoms with E-state index in [1.54, 1.807) is 18.2 Å². The molecule has 0 unspecified atom stereocenters. The number of aromatic nitrogens is 2. The van der Waals surface area contributed by atoms with Gasteiger partial charge in [0.2, 0.25) is 5.82 Å². The van der Waals surface area contributed by atoms with Crippen LogP contribution in [0, 0.1) is 10.1 Å². The second-order valence-electron chi connectivity index (χ2n) is 5.58. The topological polar surface area (TPSA) is 127 Å². The van der Waals surface area contributed by atoms with Crippen molar-refractivity contribution in [3.8, 4) is 22.9 Å². The number of methoxy groups -OCH3 is 2. The average molecular weight is 420 g/mol. The lowest BCUT2D eigenvalue weighted by Crippen LogP contribution is -2.08. The quantitative estimate of drug-likeness (QED) is 0.320. The third-order valence-corrected chi connectivity index (χ3v) is 4.05. The summed E-state index contributed by atoms with van der Waals surface area (Å²) in [6.45, 7) is -0.362. The zero-order valence-electron chi connectivity index (χ0n) is 15.2. The fourth-order valence-corrected chi connectivity index (χ4v) is 2.61. The van der Waals surface area contributed by atoms with Crippen molar-refractivity contribution in [2.24, 2.45) is 0 Å². The van der Waals surface area contributed by atoms with Crippen molar-refractivity contribution in [3.63, 3.8) is 0 Å². The third kappa shape index (κ3) is 4.43. The summed E-state index contributed by atoms with van der Waals surface area (Å²) in [5.41, 5.74) is -0.101. The maximum atomic E-state index is 12.2. The van der Waals surface area contributed by atoms with Crippen LogP contribution in [0.4, 0.5) is 5.69 Å². The molecule has 0 aliphatic rings. The van der Waals surface area contributed by atoms with Gasteiger partial charge >= 0.3 is 5.97 Å². The Bertz CT molecular complexity index is 1070. The van der Waals surface area contributed by atoms with E-state index in [1.165, 1.54) is 26.4 Å². The molecular weight excluding hydrogens is 406 g/mol. The van der Waals surface area contributed by atoms with Crippen LogP contribution in [0.2, 0.25) is 5.02 Å². The lowest BCUT2D eigenvalue weighted by molar-refractivity contribution is -0.385. The van der Waals surface area contributed by atoms with Crippen LogP contribution in [0.1, 0.15) is 16.2 Å². The lowest BCUT2D eigenvalue weighted by Gasteiger charge is -2.07. The van der Waals surface area contributed by atoms with E-state index in [4.69, 9.17) is 30.3 Å². The molecule has 11 heteroatoms. The van der Waals surface area contributed by atoms with E-state index in [1.807, 2.05) is 0 Å². The zero-order valence-corrected chi connectivity index (χ0v) is 16.0. The first-order chi connectivity index (χ1) is 13.9. The number of nitro benzene ring substituents is 1. The van der Waals surface area contributed by atoms with Gasteiger partial charge in [-0.15, -0.1) is 0 Å². The summed E-state index contributed by atoms with van der Waals surface area (Å²) in [6.07, 6.45) is 0. The second kappa shape index (κ2) is 8.57. The molecule has 0 N–H and O–H groups in total. The van der Waals surface area contributed by atoms with Crippen molar-refractivity contribution in [2.45, 2.75) is 6.61 Å². The molecule has 0 radical (unpaired) electrons. The van der Waals surface area contributed by atoms with Gasteiger partial charge in [0, 0.05) is 16.7 Å². The molecule has 0 aliphatic carbocycles. The van der Waals surface area contributed by atoms with E-state index < -0.39 is 16.6 Å². The first-order valence-corrected chi connectivity index (χ1v) is 8.46. The largest absolute Gasteiger partial charge is 0.493 e. The molecule has 0 saturated heterocycles. The predicted octanol–water partition coefficient (Wildman–Crippen LogP) is 3.67. The van der Waals surface area contributed by atoms with Gasteiger partial charge in [-0.2, -0.15) is 4.98 Å². The van der Waals surface area contributed by atoms with Gasteiger partial charge in [-0.25, -0.2) is 4.79 Å². The van der Waals surface area contributed by atoms with Crippen LogP contribution in [0.3, 0.4) is 0 Å². The van der Waals surface area contributed by atoms with Crippen LogP contribution < -0.4 is 9.47 Å². The van der Waals surface area contributed by atoms with E-state index in [9.17, 15) is 14.9 Å². The van der Waals surface area contributed by atoms with Crippen LogP contribution in [0.15, 0.2) is 40.9 Å². The molecule has 0 fully saturated rings. The SMILES string of the molecule is COc1ccc(-c2noc(COC(=O)c3ccc(Cl)cc3[N+](=O)[O-])n2)cc1OC. The summed E-state index contributed by atoms with van der Waals surface area (Å²) in [4.78, 5) is 26.7. The van der Waals surface area contributed by atoms with Crippen molar-refractivity contribution >= 4 is 23.3 Å². The Hall–Kier alpha value is -3.66. The van der Waals surface area contributed by atoms with Crippen LogP contribution in [0.25, 0.3) is 11.4 Å². The summed E-state index contributed by atoms with van der Waals surface area (Å²) in [6, 6.07) is 8.69. The Morgan fingerprint density at radius 3 is 2.62 bits per heavy atom. The number of carbonyl (C=O) groups is 1. The highest BCUT2D eigenvalue weighted by Crippen LogP contribution is 2.31. The van der Waals surface area contributed by atoms with Gasteiger partial charge < -0.3 is 18.7 Å². The van der Waals surface area contributed by atoms with E-state index >= 15 is 0 Å². The van der Waals surface area contributed by atoms with E-state index in [0.29, 0.717) is 17.1 Å². The first kappa shape index (κ1) is 20.1. The van der Waals surface area contributed by atoms with Crippen molar-refractivity contribution < 1.29 is 28.5 Å². The molecule has 0 spiro atoms. The van der Waals surface area contributed by atoms with Crippen LogP contribution in [-0.2, 0) is 11.3 Å². The van der Waals surface area contributed by atoms with Crippen LogP contribution in [0.5, 0.6) is 11.5 Å². The van der Waals surface area contributed by atoms with E-state index in [0.717, 1.165) is 6.07 Å². The van der Waals surface area contributed by atoms with E-state index in [-0.39, 0.29) is 28.9 Å².